The number of phenolic OH excluding ortho intramolecular Hbond substituents is 1. The minimum Gasteiger partial charge on any atom is -0.508 e. The molecule has 0 atom stereocenters. The van der Waals surface area contributed by atoms with Crippen molar-refractivity contribution in [2.75, 3.05) is 19.6 Å². The molecular formula is C13H17N3O5. The summed E-state index contributed by atoms with van der Waals surface area (Å²) in [6.45, 7) is 3.84. The maximum atomic E-state index is 12.3. The number of carbonyl (C=O) groups is 2. The molecule has 0 saturated carbocycles. The van der Waals surface area contributed by atoms with Crippen molar-refractivity contribution in [2.45, 2.75) is 13.8 Å². The van der Waals surface area contributed by atoms with Crippen LogP contribution in [0.2, 0.25) is 0 Å². The Labute approximate surface area is 121 Å². The van der Waals surface area contributed by atoms with Crippen LogP contribution in [-0.4, -0.2) is 46.4 Å². The number of rotatable bonds is 6. The molecule has 21 heavy (non-hydrogen) atoms. The van der Waals surface area contributed by atoms with Crippen LogP contribution in [0.4, 0.5) is 5.69 Å². The van der Waals surface area contributed by atoms with E-state index in [9.17, 15) is 24.8 Å². The van der Waals surface area contributed by atoms with Crippen molar-refractivity contribution in [3.05, 3.63) is 33.9 Å². The first-order valence-corrected chi connectivity index (χ1v) is 6.44. The monoisotopic (exact) mass is 295 g/mol. The number of likely N-dealkylation sites (N-methyl/N-ethyl adjacent to an activating group) is 2. The maximum Gasteiger partial charge on any atom is 0.282 e. The first kappa shape index (κ1) is 16.4. The molecule has 8 nitrogen and oxygen atoms in total. The summed E-state index contributed by atoms with van der Waals surface area (Å²) in [4.78, 5) is 35.3. The average Bonchev–Trinajstić information content (AvgIpc) is 2.43. The van der Waals surface area contributed by atoms with Crippen LogP contribution in [0.3, 0.4) is 0 Å². The number of nitro groups is 1. The normalized spacial score (nSPS) is 10.0. The van der Waals surface area contributed by atoms with Gasteiger partial charge in [0.2, 0.25) is 5.91 Å². The minimum atomic E-state index is -0.702. The second-order valence-electron chi connectivity index (χ2n) is 4.23. The van der Waals surface area contributed by atoms with E-state index in [4.69, 9.17) is 0 Å². The predicted octanol–water partition coefficient (Wildman–Crippen LogP) is 0.899. The van der Waals surface area contributed by atoms with Gasteiger partial charge in [-0.05, 0) is 26.0 Å². The largest absolute Gasteiger partial charge is 0.508 e. The van der Waals surface area contributed by atoms with E-state index in [0.29, 0.717) is 6.54 Å². The van der Waals surface area contributed by atoms with E-state index in [1.807, 2.05) is 0 Å². The van der Waals surface area contributed by atoms with Crippen molar-refractivity contribution in [2.24, 2.45) is 0 Å². The molecule has 0 heterocycles. The molecule has 1 rings (SSSR count). The number of carbonyl (C=O) groups excluding carboxylic acids is 2. The van der Waals surface area contributed by atoms with Crippen LogP contribution in [-0.2, 0) is 4.79 Å². The Hall–Kier alpha value is -2.64. The molecular weight excluding hydrogens is 278 g/mol. The van der Waals surface area contributed by atoms with E-state index in [1.54, 1.807) is 13.8 Å². The number of nitro benzene ring substituents is 1. The van der Waals surface area contributed by atoms with Gasteiger partial charge in [-0.1, -0.05) is 0 Å². The molecule has 0 unspecified atom stereocenters. The highest BCUT2D eigenvalue weighted by molar-refractivity contribution is 6.00. The molecule has 2 N–H and O–H groups in total. The highest BCUT2D eigenvalue weighted by Gasteiger charge is 2.25. The summed E-state index contributed by atoms with van der Waals surface area (Å²) >= 11 is 0. The molecule has 2 amide bonds. The van der Waals surface area contributed by atoms with Crippen LogP contribution in [0, 0.1) is 10.1 Å². The van der Waals surface area contributed by atoms with Gasteiger partial charge in [0, 0.05) is 19.2 Å². The lowest BCUT2D eigenvalue weighted by Gasteiger charge is -2.20. The van der Waals surface area contributed by atoms with Crippen LogP contribution in [0.5, 0.6) is 5.75 Å². The quantitative estimate of drug-likeness (QED) is 0.598. The zero-order chi connectivity index (χ0) is 16.0. The summed E-state index contributed by atoms with van der Waals surface area (Å²) in [5, 5.41) is 22.9. The van der Waals surface area contributed by atoms with Gasteiger partial charge >= 0.3 is 0 Å². The van der Waals surface area contributed by atoms with Crippen molar-refractivity contribution >= 4 is 17.5 Å². The van der Waals surface area contributed by atoms with Gasteiger partial charge in [-0.25, -0.2) is 0 Å². The fourth-order valence-electron chi connectivity index (χ4n) is 1.78. The molecule has 114 valence electrons. The minimum absolute atomic E-state index is 0.198. The number of hydrogen-bond donors (Lipinski definition) is 2. The molecule has 0 aliphatic carbocycles. The number of benzene rings is 1. The van der Waals surface area contributed by atoms with Gasteiger partial charge in [0.15, 0.2) is 0 Å². The SMILES string of the molecule is CCNC(=O)CN(CC)C(=O)c1cc(O)ccc1[N+](=O)[O-]. The highest BCUT2D eigenvalue weighted by atomic mass is 16.6. The molecule has 0 aromatic heterocycles. The van der Waals surface area contributed by atoms with Gasteiger partial charge in [0.05, 0.1) is 11.5 Å². The Kier molecular flexibility index (Phi) is 5.65. The van der Waals surface area contributed by atoms with Crippen LogP contribution in [0.15, 0.2) is 18.2 Å². The Morgan fingerprint density at radius 3 is 2.57 bits per heavy atom. The molecule has 0 fully saturated rings. The standard InChI is InChI=1S/C13H17N3O5/c1-3-14-12(18)8-15(4-2)13(19)10-7-9(17)5-6-11(10)16(20)21/h5-7,17H,3-4,8H2,1-2H3,(H,14,18). The second kappa shape index (κ2) is 7.22. The van der Waals surface area contributed by atoms with E-state index < -0.39 is 16.5 Å². The number of aromatic hydroxyl groups is 1. The van der Waals surface area contributed by atoms with Crippen molar-refractivity contribution in [3.8, 4) is 5.75 Å². The fourth-order valence-corrected chi connectivity index (χ4v) is 1.78. The van der Waals surface area contributed by atoms with Gasteiger partial charge < -0.3 is 15.3 Å². The number of nitrogens with one attached hydrogen (secondary N) is 1. The van der Waals surface area contributed by atoms with Gasteiger partial charge in [0.1, 0.15) is 11.3 Å². The topological polar surface area (TPSA) is 113 Å². The Bertz CT molecular complexity index is 559. The number of phenols is 1. The Morgan fingerprint density at radius 1 is 1.38 bits per heavy atom. The maximum absolute atomic E-state index is 12.3. The molecule has 0 aliphatic heterocycles. The van der Waals surface area contributed by atoms with Crippen molar-refractivity contribution in [1.29, 1.82) is 0 Å². The zero-order valence-corrected chi connectivity index (χ0v) is 11.8. The summed E-state index contributed by atoms with van der Waals surface area (Å²) in [6, 6.07) is 3.22. The number of amides is 2. The van der Waals surface area contributed by atoms with E-state index in [-0.39, 0.29) is 30.3 Å². The van der Waals surface area contributed by atoms with Crippen LogP contribution in [0.25, 0.3) is 0 Å². The smallest absolute Gasteiger partial charge is 0.282 e. The second-order valence-corrected chi connectivity index (χ2v) is 4.23. The third kappa shape index (κ3) is 4.16. The van der Waals surface area contributed by atoms with Crippen molar-refractivity contribution in [1.82, 2.24) is 10.2 Å². The first-order valence-electron chi connectivity index (χ1n) is 6.44. The van der Waals surface area contributed by atoms with Crippen LogP contribution >= 0.6 is 0 Å². The van der Waals surface area contributed by atoms with Crippen LogP contribution in [0.1, 0.15) is 24.2 Å². The van der Waals surface area contributed by atoms with Gasteiger partial charge in [-0.3, -0.25) is 19.7 Å². The van der Waals surface area contributed by atoms with Gasteiger partial charge in [-0.15, -0.1) is 0 Å². The summed E-state index contributed by atoms with van der Waals surface area (Å²) in [6.07, 6.45) is 0. The van der Waals surface area contributed by atoms with E-state index in [1.165, 1.54) is 4.90 Å². The lowest BCUT2D eigenvalue weighted by atomic mass is 10.1. The lowest BCUT2D eigenvalue weighted by molar-refractivity contribution is -0.385. The zero-order valence-electron chi connectivity index (χ0n) is 11.8. The van der Waals surface area contributed by atoms with Gasteiger partial charge in [-0.2, -0.15) is 0 Å². The predicted molar refractivity (Wildman–Crippen MR) is 75.0 cm³/mol. The third-order valence-corrected chi connectivity index (χ3v) is 2.78. The highest BCUT2D eigenvalue weighted by Crippen LogP contribution is 2.24. The lowest BCUT2D eigenvalue weighted by Crippen LogP contribution is -2.40. The molecule has 0 saturated heterocycles. The fraction of sp³-hybridized carbons (Fsp3) is 0.385. The average molecular weight is 295 g/mol. The summed E-state index contributed by atoms with van der Waals surface area (Å²) in [5.41, 5.74) is -0.654. The summed E-state index contributed by atoms with van der Waals surface area (Å²) in [5.74, 6) is -1.28. The third-order valence-electron chi connectivity index (χ3n) is 2.78. The molecule has 1 aromatic carbocycles. The van der Waals surface area contributed by atoms with Crippen molar-refractivity contribution in [3.63, 3.8) is 0 Å². The molecule has 0 aliphatic rings. The van der Waals surface area contributed by atoms with E-state index in [0.717, 1.165) is 18.2 Å². The molecule has 8 heteroatoms. The molecule has 0 spiro atoms. The Morgan fingerprint density at radius 2 is 2.05 bits per heavy atom. The molecule has 1 aromatic rings. The summed E-state index contributed by atoms with van der Waals surface area (Å²) < 4.78 is 0. The van der Waals surface area contributed by atoms with Crippen LogP contribution < -0.4 is 5.32 Å². The van der Waals surface area contributed by atoms with E-state index in [2.05, 4.69) is 5.32 Å². The number of hydrogen-bond acceptors (Lipinski definition) is 5. The molecule has 0 bridgehead atoms. The van der Waals surface area contributed by atoms with Gasteiger partial charge in [0.25, 0.3) is 11.6 Å². The van der Waals surface area contributed by atoms with E-state index >= 15 is 0 Å². The Balaban J connectivity index is 3.07. The number of nitrogens with zero attached hydrogens (tertiary/aromatic N) is 2. The summed E-state index contributed by atoms with van der Waals surface area (Å²) in [7, 11) is 0. The first-order chi connectivity index (χ1) is 9.90. The van der Waals surface area contributed by atoms with Crippen molar-refractivity contribution < 1.29 is 19.6 Å². The molecule has 0 radical (unpaired) electrons.